The van der Waals surface area contributed by atoms with Crippen LogP contribution in [0.3, 0.4) is 0 Å². The van der Waals surface area contributed by atoms with Crippen molar-refractivity contribution in [1.29, 1.82) is 0 Å². The van der Waals surface area contributed by atoms with E-state index in [0.717, 1.165) is 0 Å². The van der Waals surface area contributed by atoms with Crippen molar-refractivity contribution in [3.05, 3.63) is 62.6 Å². The fraction of sp³-hybridized carbons (Fsp3) is 0.0667. The van der Waals surface area contributed by atoms with E-state index in [4.69, 9.17) is 11.6 Å². The smallest absolute Gasteiger partial charge is 0.338 e. The molecule has 0 unspecified atom stereocenters. The molecular weight excluding hydrogens is 358 g/mol. The van der Waals surface area contributed by atoms with Crippen LogP contribution >= 0.6 is 27.5 Å². The third-order valence-corrected chi connectivity index (χ3v) is 4.23. The first-order valence-electron chi connectivity index (χ1n) is 6.00. The van der Waals surface area contributed by atoms with Crippen molar-refractivity contribution >= 4 is 45.1 Å². The Labute approximate surface area is 134 Å². The van der Waals surface area contributed by atoms with Gasteiger partial charge in [0.05, 0.1) is 21.8 Å². The third-order valence-electron chi connectivity index (χ3n) is 2.93. The molecule has 0 atom stereocenters. The Bertz CT molecular complexity index is 731. The van der Waals surface area contributed by atoms with E-state index in [1.807, 2.05) is 0 Å². The summed E-state index contributed by atoms with van der Waals surface area (Å²) in [5.74, 6) is -1.56. The Hall–Kier alpha value is -1.85. The van der Waals surface area contributed by atoms with Gasteiger partial charge in [0.1, 0.15) is 0 Å². The van der Waals surface area contributed by atoms with Gasteiger partial charge in [-0.2, -0.15) is 0 Å². The molecule has 2 rings (SSSR count). The number of aromatic carboxylic acids is 1. The lowest BCUT2D eigenvalue weighted by Gasteiger charge is -2.11. The maximum Gasteiger partial charge on any atom is 0.338 e. The molecular formula is C15H11BrClNO3. The number of anilines is 1. The number of hydrogen-bond donors (Lipinski definition) is 2. The minimum absolute atomic E-state index is 0.0666. The van der Waals surface area contributed by atoms with Crippen LogP contribution in [0.4, 0.5) is 5.69 Å². The van der Waals surface area contributed by atoms with Gasteiger partial charge in [-0.3, -0.25) is 4.79 Å². The molecule has 1 amide bonds. The molecule has 6 heteroatoms. The summed E-state index contributed by atoms with van der Waals surface area (Å²) < 4.78 is 0.597. The Kier molecular flexibility index (Phi) is 4.65. The highest BCUT2D eigenvalue weighted by molar-refractivity contribution is 9.10. The van der Waals surface area contributed by atoms with Gasteiger partial charge in [-0.25, -0.2) is 4.79 Å². The van der Waals surface area contributed by atoms with E-state index in [1.54, 1.807) is 43.3 Å². The Morgan fingerprint density at radius 3 is 2.52 bits per heavy atom. The lowest BCUT2D eigenvalue weighted by atomic mass is 10.1. The van der Waals surface area contributed by atoms with Gasteiger partial charge in [0.2, 0.25) is 0 Å². The van der Waals surface area contributed by atoms with E-state index >= 15 is 0 Å². The number of aryl methyl sites for hydroxylation is 1. The summed E-state index contributed by atoms with van der Waals surface area (Å²) >= 11 is 9.31. The first kappa shape index (κ1) is 15.5. The van der Waals surface area contributed by atoms with Crippen LogP contribution in [0.2, 0.25) is 5.02 Å². The van der Waals surface area contributed by atoms with Crippen molar-refractivity contribution in [2.45, 2.75) is 6.92 Å². The molecule has 0 fully saturated rings. The summed E-state index contributed by atoms with van der Waals surface area (Å²) in [5, 5.41) is 12.1. The molecule has 0 aromatic heterocycles. The largest absolute Gasteiger partial charge is 0.478 e. The molecule has 0 aliphatic carbocycles. The summed E-state index contributed by atoms with van der Waals surface area (Å²) in [6.45, 7) is 1.67. The normalized spacial score (nSPS) is 10.2. The highest BCUT2D eigenvalue weighted by Gasteiger charge is 2.17. The van der Waals surface area contributed by atoms with Crippen molar-refractivity contribution in [2.24, 2.45) is 0 Å². The zero-order valence-electron chi connectivity index (χ0n) is 11.0. The number of carbonyl (C=O) groups excluding carboxylic acids is 1. The van der Waals surface area contributed by atoms with Gasteiger partial charge in [-0.15, -0.1) is 0 Å². The van der Waals surface area contributed by atoms with Crippen LogP contribution in [0, 0.1) is 6.92 Å². The second-order valence-electron chi connectivity index (χ2n) is 4.36. The maximum absolute atomic E-state index is 12.3. The van der Waals surface area contributed by atoms with Gasteiger partial charge in [-0.1, -0.05) is 29.8 Å². The van der Waals surface area contributed by atoms with Gasteiger partial charge in [0.25, 0.3) is 5.91 Å². The van der Waals surface area contributed by atoms with E-state index in [1.165, 1.54) is 0 Å². The topological polar surface area (TPSA) is 66.4 Å². The molecule has 21 heavy (non-hydrogen) atoms. The predicted molar refractivity (Wildman–Crippen MR) is 85.2 cm³/mol. The van der Waals surface area contributed by atoms with E-state index in [2.05, 4.69) is 21.2 Å². The van der Waals surface area contributed by atoms with Crippen molar-refractivity contribution in [2.75, 3.05) is 5.32 Å². The number of carboxylic acid groups (broad SMARTS) is 1. The zero-order chi connectivity index (χ0) is 15.6. The van der Waals surface area contributed by atoms with Gasteiger partial charge < -0.3 is 10.4 Å². The molecule has 0 saturated heterocycles. The molecule has 0 radical (unpaired) electrons. The van der Waals surface area contributed by atoms with Crippen molar-refractivity contribution in [3.63, 3.8) is 0 Å². The van der Waals surface area contributed by atoms with Gasteiger partial charge in [-0.05, 0) is 46.6 Å². The second-order valence-corrected chi connectivity index (χ2v) is 5.59. The average Bonchev–Trinajstić information content (AvgIpc) is 2.41. The minimum Gasteiger partial charge on any atom is -0.478 e. The minimum atomic E-state index is -1.09. The molecule has 2 aromatic rings. The number of halogens is 2. The summed E-state index contributed by atoms with van der Waals surface area (Å²) in [6, 6.07) is 9.86. The molecule has 0 saturated carbocycles. The van der Waals surface area contributed by atoms with E-state index in [9.17, 15) is 14.7 Å². The van der Waals surface area contributed by atoms with E-state index in [-0.39, 0.29) is 21.8 Å². The number of benzene rings is 2. The molecule has 4 nitrogen and oxygen atoms in total. The summed E-state index contributed by atoms with van der Waals surface area (Å²) in [6.07, 6.45) is 0. The maximum atomic E-state index is 12.3. The lowest BCUT2D eigenvalue weighted by molar-refractivity contribution is 0.0697. The van der Waals surface area contributed by atoms with Gasteiger partial charge >= 0.3 is 5.97 Å². The Balaban J connectivity index is 2.39. The number of carbonyl (C=O) groups is 2. The molecule has 0 aliphatic rings. The van der Waals surface area contributed by atoms with Crippen LogP contribution in [0.15, 0.2) is 40.9 Å². The fourth-order valence-corrected chi connectivity index (χ4v) is 2.50. The number of rotatable bonds is 3. The van der Waals surface area contributed by atoms with Crippen molar-refractivity contribution < 1.29 is 14.7 Å². The van der Waals surface area contributed by atoms with Crippen LogP contribution < -0.4 is 5.32 Å². The summed E-state index contributed by atoms with van der Waals surface area (Å²) in [5.41, 5.74) is 1.14. The van der Waals surface area contributed by atoms with Crippen molar-refractivity contribution in [3.8, 4) is 0 Å². The van der Waals surface area contributed by atoms with Crippen molar-refractivity contribution in [1.82, 2.24) is 0 Å². The number of carboxylic acids is 1. The van der Waals surface area contributed by atoms with E-state index in [0.29, 0.717) is 10.0 Å². The molecule has 2 N–H and O–H groups in total. The van der Waals surface area contributed by atoms with Gasteiger partial charge in [0.15, 0.2) is 0 Å². The molecule has 108 valence electrons. The van der Waals surface area contributed by atoms with Crippen LogP contribution in [0.5, 0.6) is 0 Å². The SMILES string of the molecule is Cc1cccc(NC(=O)c2cccc(Br)c2Cl)c1C(=O)O. The van der Waals surface area contributed by atoms with Crippen LogP contribution in [-0.4, -0.2) is 17.0 Å². The molecule has 0 heterocycles. The number of hydrogen-bond acceptors (Lipinski definition) is 2. The predicted octanol–water partition coefficient (Wildman–Crippen LogP) is 4.36. The van der Waals surface area contributed by atoms with Crippen LogP contribution in [0.1, 0.15) is 26.3 Å². The lowest BCUT2D eigenvalue weighted by Crippen LogP contribution is -2.16. The average molecular weight is 369 g/mol. The molecule has 0 spiro atoms. The Morgan fingerprint density at radius 1 is 1.19 bits per heavy atom. The second kappa shape index (κ2) is 6.28. The highest BCUT2D eigenvalue weighted by Crippen LogP contribution is 2.27. The molecule has 2 aromatic carbocycles. The van der Waals surface area contributed by atoms with Crippen LogP contribution in [-0.2, 0) is 0 Å². The summed E-state index contributed by atoms with van der Waals surface area (Å²) in [7, 11) is 0. The molecule has 0 bridgehead atoms. The third kappa shape index (κ3) is 3.25. The monoisotopic (exact) mass is 367 g/mol. The quantitative estimate of drug-likeness (QED) is 0.846. The molecule has 0 aliphatic heterocycles. The summed E-state index contributed by atoms with van der Waals surface area (Å²) in [4.78, 5) is 23.6. The fourth-order valence-electron chi connectivity index (χ4n) is 1.92. The van der Waals surface area contributed by atoms with Crippen LogP contribution in [0.25, 0.3) is 0 Å². The number of nitrogens with one attached hydrogen (secondary N) is 1. The first-order chi connectivity index (χ1) is 9.91. The van der Waals surface area contributed by atoms with Gasteiger partial charge in [0, 0.05) is 4.47 Å². The Morgan fingerprint density at radius 2 is 1.86 bits per heavy atom. The number of amides is 1. The zero-order valence-corrected chi connectivity index (χ0v) is 13.3. The highest BCUT2D eigenvalue weighted by atomic mass is 79.9. The van der Waals surface area contributed by atoms with E-state index < -0.39 is 11.9 Å². The first-order valence-corrected chi connectivity index (χ1v) is 7.17. The standard InChI is InChI=1S/C15H11BrClNO3/c1-8-4-2-7-11(12(8)15(20)21)18-14(19)9-5-3-6-10(16)13(9)17/h2-7H,1H3,(H,18,19)(H,20,21).